The minimum Gasteiger partial charge on any atom is -0.383 e. The Hall–Kier alpha value is -2.30. The molecule has 0 aliphatic rings. The lowest BCUT2D eigenvalue weighted by Gasteiger charge is -2.02. The van der Waals surface area contributed by atoms with E-state index in [1.807, 2.05) is 22.6 Å². The number of fused-ring (bicyclic) bond motifs is 1. The molecule has 3 aromatic rings. The summed E-state index contributed by atoms with van der Waals surface area (Å²) in [5, 5.41) is 15.8. The average molecular weight is 382 g/mol. The number of nitro groups is 1. The Morgan fingerprint density at radius 3 is 2.90 bits per heavy atom. The molecule has 100 valence electrons. The minimum absolute atomic E-state index is 0.0109. The van der Waals surface area contributed by atoms with E-state index in [4.69, 9.17) is 5.73 Å². The van der Waals surface area contributed by atoms with Crippen LogP contribution in [0.15, 0.2) is 30.6 Å². The molecule has 0 aliphatic heterocycles. The van der Waals surface area contributed by atoms with Gasteiger partial charge in [-0.05, 0) is 28.7 Å². The first-order valence-corrected chi connectivity index (χ1v) is 6.55. The van der Waals surface area contributed by atoms with E-state index in [2.05, 4.69) is 15.1 Å². The van der Waals surface area contributed by atoms with E-state index in [1.54, 1.807) is 12.1 Å². The molecule has 2 N–H and O–H groups in total. The number of hydrogen-bond acceptors (Lipinski definition) is 6. The Labute approximate surface area is 125 Å². The molecular weight excluding hydrogens is 375 g/mol. The van der Waals surface area contributed by atoms with E-state index in [-0.39, 0.29) is 5.69 Å². The van der Waals surface area contributed by atoms with Crippen molar-refractivity contribution in [3.63, 3.8) is 0 Å². The summed E-state index contributed by atoms with van der Waals surface area (Å²) < 4.78 is 2.16. The summed E-state index contributed by atoms with van der Waals surface area (Å²) in [6.07, 6.45) is 1.34. The zero-order chi connectivity index (χ0) is 14.3. The van der Waals surface area contributed by atoms with E-state index in [0.717, 1.165) is 0 Å². The number of anilines is 1. The third-order valence-electron chi connectivity index (χ3n) is 2.74. The first-order chi connectivity index (χ1) is 9.58. The molecule has 0 aliphatic carbocycles. The van der Waals surface area contributed by atoms with E-state index < -0.39 is 4.92 Å². The monoisotopic (exact) mass is 382 g/mol. The summed E-state index contributed by atoms with van der Waals surface area (Å²) in [5.41, 5.74) is 6.86. The third-order valence-corrected chi connectivity index (χ3v) is 3.49. The molecular formula is C11H7IN6O2. The van der Waals surface area contributed by atoms with Crippen LogP contribution in [-0.2, 0) is 0 Å². The molecule has 0 radical (unpaired) electrons. The van der Waals surface area contributed by atoms with Gasteiger partial charge >= 0.3 is 0 Å². The van der Waals surface area contributed by atoms with Crippen molar-refractivity contribution >= 4 is 45.1 Å². The van der Waals surface area contributed by atoms with Crippen molar-refractivity contribution in [1.29, 1.82) is 0 Å². The number of halogens is 1. The van der Waals surface area contributed by atoms with Crippen molar-refractivity contribution in [1.82, 2.24) is 19.7 Å². The zero-order valence-electron chi connectivity index (χ0n) is 9.89. The van der Waals surface area contributed by atoms with Crippen molar-refractivity contribution in [2.24, 2.45) is 0 Å². The number of benzene rings is 1. The molecule has 2 aromatic heterocycles. The van der Waals surface area contributed by atoms with Crippen LogP contribution in [0.4, 0.5) is 11.5 Å². The number of non-ortho nitro benzene ring substituents is 1. The predicted octanol–water partition coefficient (Wildman–Crippen LogP) is 1.91. The van der Waals surface area contributed by atoms with Crippen molar-refractivity contribution < 1.29 is 4.92 Å². The molecule has 8 nitrogen and oxygen atoms in total. The summed E-state index contributed by atoms with van der Waals surface area (Å²) >= 11 is 2.03. The number of nitrogens with two attached hydrogens (primary N) is 1. The average Bonchev–Trinajstić information content (AvgIpc) is 2.78. The van der Waals surface area contributed by atoms with Crippen LogP contribution in [0.25, 0.3) is 16.7 Å². The molecule has 0 bridgehead atoms. The quantitative estimate of drug-likeness (QED) is 0.412. The molecule has 0 spiro atoms. The van der Waals surface area contributed by atoms with Gasteiger partial charge in [0.05, 0.1) is 16.0 Å². The molecule has 0 amide bonds. The van der Waals surface area contributed by atoms with Gasteiger partial charge in [0.1, 0.15) is 15.8 Å². The lowest BCUT2D eigenvalue weighted by molar-refractivity contribution is -0.384. The molecule has 0 fully saturated rings. The van der Waals surface area contributed by atoms with Gasteiger partial charge in [0.15, 0.2) is 5.65 Å². The number of nitrogens with zero attached hydrogens (tertiary/aromatic N) is 5. The first-order valence-electron chi connectivity index (χ1n) is 5.47. The smallest absolute Gasteiger partial charge is 0.271 e. The van der Waals surface area contributed by atoms with Gasteiger partial charge in [-0.2, -0.15) is 5.10 Å². The molecule has 20 heavy (non-hydrogen) atoms. The molecule has 0 saturated heterocycles. The number of hydrogen-bond donors (Lipinski definition) is 1. The summed E-state index contributed by atoms with van der Waals surface area (Å²) in [4.78, 5) is 18.5. The van der Waals surface area contributed by atoms with Crippen molar-refractivity contribution in [2.45, 2.75) is 0 Å². The summed E-state index contributed by atoms with van der Waals surface area (Å²) in [6, 6.07) is 6.16. The van der Waals surface area contributed by atoms with E-state index in [0.29, 0.717) is 26.2 Å². The molecule has 0 unspecified atom stereocenters. The first kappa shape index (κ1) is 12.7. The summed E-state index contributed by atoms with van der Waals surface area (Å²) in [5.74, 6) is 0.330. The maximum atomic E-state index is 10.8. The van der Waals surface area contributed by atoms with Gasteiger partial charge in [0.25, 0.3) is 5.69 Å². The van der Waals surface area contributed by atoms with Crippen LogP contribution in [0.1, 0.15) is 0 Å². The van der Waals surface area contributed by atoms with Crippen molar-refractivity contribution in [3.05, 3.63) is 44.4 Å². The Bertz CT molecular complexity index is 831. The van der Waals surface area contributed by atoms with Gasteiger partial charge in [0, 0.05) is 12.1 Å². The van der Waals surface area contributed by atoms with E-state index in [1.165, 1.54) is 23.1 Å². The fourth-order valence-corrected chi connectivity index (χ4v) is 2.58. The SMILES string of the molecule is Nc1ncnc2c1c(I)nn2-c1cccc([N+](=O)[O-])c1. The summed E-state index contributed by atoms with van der Waals surface area (Å²) in [6.45, 7) is 0. The fraction of sp³-hybridized carbons (Fsp3) is 0. The van der Waals surface area contributed by atoms with Crippen LogP contribution >= 0.6 is 22.6 Å². The van der Waals surface area contributed by atoms with Gasteiger partial charge in [-0.3, -0.25) is 10.1 Å². The van der Waals surface area contributed by atoms with Gasteiger partial charge in [-0.25, -0.2) is 14.6 Å². The van der Waals surface area contributed by atoms with Crippen molar-refractivity contribution in [3.8, 4) is 5.69 Å². The normalized spacial score (nSPS) is 10.8. The number of nitrogen functional groups attached to an aromatic ring is 1. The highest BCUT2D eigenvalue weighted by Crippen LogP contribution is 2.26. The Morgan fingerprint density at radius 2 is 2.15 bits per heavy atom. The van der Waals surface area contributed by atoms with Crippen LogP contribution in [0, 0.1) is 13.8 Å². The van der Waals surface area contributed by atoms with Crippen LogP contribution in [0.3, 0.4) is 0 Å². The number of rotatable bonds is 2. The maximum Gasteiger partial charge on any atom is 0.271 e. The van der Waals surface area contributed by atoms with Gasteiger partial charge in [-0.1, -0.05) is 6.07 Å². The highest BCUT2D eigenvalue weighted by Gasteiger charge is 2.16. The molecule has 0 saturated carbocycles. The largest absolute Gasteiger partial charge is 0.383 e. The van der Waals surface area contributed by atoms with Crippen LogP contribution in [0.2, 0.25) is 0 Å². The number of nitro benzene ring substituents is 1. The molecule has 0 atom stereocenters. The van der Waals surface area contributed by atoms with Gasteiger partial charge in [0.2, 0.25) is 0 Å². The Balaban J connectivity index is 2.28. The third kappa shape index (κ3) is 1.95. The van der Waals surface area contributed by atoms with Crippen LogP contribution < -0.4 is 5.73 Å². The molecule has 1 aromatic carbocycles. The Kier molecular flexibility index (Phi) is 2.97. The van der Waals surface area contributed by atoms with E-state index >= 15 is 0 Å². The van der Waals surface area contributed by atoms with Crippen LogP contribution in [-0.4, -0.2) is 24.7 Å². The second-order valence-corrected chi connectivity index (χ2v) is 4.96. The molecule has 3 rings (SSSR count). The van der Waals surface area contributed by atoms with Crippen molar-refractivity contribution in [2.75, 3.05) is 5.73 Å². The van der Waals surface area contributed by atoms with Gasteiger partial charge in [-0.15, -0.1) is 0 Å². The van der Waals surface area contributed by atoms with E-state index in [9.17, 15) is 10.1 Å². The topological polar surface area (TPSA) is 113 Å². The lowest BCUT2D eigenvalue weighted by Crippen LogP contribution is -2.00. The molecule has 2 heterocycles. The summed E-state index contributed by atoms with van der Waals surface area (Å²) in [7, 11) is 0. The minimum atomic E-state index is -0.455. The second kappa shape index (κ2) is 4.67. The standard InChI is InChI=1S/C11H7IN6O2/c12-9-8-10(13)14-5-15-11(8)17(16-9)6-2-1-3-7(4-6)18(19)20/h1-5H,(H2,13,14,15). The highest BCUT2D eigenvalue weighted by molar-refractivity contribution is 14.1. The second-order valence-electron chi connectivity index (χ2n) is 3.94. The lowest BCUT2D eigenvalue weighted by atomic mass is 10.3. The number of aromatic nitrogens is 4. The molecule has 9 heteroatoms. The predicted molar refractivity (Wildman–Crippen MR) is 80.4 cm³/mol. The highest BCUT2D eigenvalue weighted by atomic mass is 127. The maximum absolute atomic E-state index is 10.8. The Morgan fingerprint density at radius 1 is 1.35 bits per heavy atom. The van der Waals surface area contributed by atoms with Crippen LogP contribution in [0.5, 0.6) is 0 Å². The van der Waals surface area contributed by atoms with Gasteiger partial charge < -0.3 is 5.73 Å². The fourth-order valence-electron chi connectivity index (χ4n) is 1.85. The zero-order valence-corrected chi connectivity index (χ0v) is 12.1.